The van der Waals surface area contributed by atoms with Crippen LogP contribution in [0.3, 0.4) is 0 Å². The molecule has 0 aliphatic carbocycles. The third-order valence-corrected chi connectivity index (χ3v) is 5.42. The Morgan fingerprint density at radius 3 is 2.55 bits per heavy atom. The second-order valence-corrected chi connectivity index (χ2v) is 7.38. The molecular weight excluding hydrogens is 392 g/mol. The number of hydrogen-bond acceptors (Lipinski definition) is 5. The summed E-state index contributed by atoms with van der Waals surface area (Å²) in [4.78, 5) is 17.3. The van der Waals surface area contributed by atoms with E-state index in [0.717, 1.165) is 29.9 Å². The van der Waals surface area contributed by atoms with E-state index in [-0.39, 0.29) is 5.91 Å². The first-order valence-corrected chi connectivity index (χ1v) is 9.84. The number of carbonyl (C=O) groups excluding carboxylic acids is 1. The summed E-state index contributed by atoms with van der Waals surface area (Å²) in [6.45, 7) is 3.47. The van der Waals surface area contributed by atoms with Gasteiger partial charge in [0.15, 0.2) is 11.5 Å². The Bertz CT molecular complexity index is 954. The zero-order valence-electron chi connectivity index (χ0n) is 16.5. The summed E-state index contributed by atoms with van der Waals surface area (Å²) in [6.07, 6.45) is 1.89. The van der Waals surface area contributed by atoms with Crippen LogP contribution in [0.2, 0.25) is 5.02 Å². The zero-order chi connectivity index (χ0) is 20.4. The van der Waals surface area contributed by atoms with Crippen molar-refractivity contribution in [3.8, 4) is 11.5 Å². The van der Waals surface area contributed by atoms with E-state index in [2.05, 4.69) is 4.90 Å². The first-order chi connectivity index (χ1) is 14.1. The largest absolute Gasteiger partial charge is 0.493 e. The van der Waals surface area contributed by atoms with Crippen molar-refractivity contribution in [2.75, 3.05) is 52.1 Å². The van der Waals surface area contributed by atoms with Gasteiger partial charge in [0.25, 0.3) is 5.91 Å². The molecule has 1 amide bonds. The molecular formula is C22H23ClN2O4. The van der Waals surface area contributed by atoms with E-state index >= 15 is 0 Å². The maximum Gasteiger partial charge on any atom is 0.260 e. The molecule has 2 aromatic carbocycles. The Morgan fingerprint density at radius 1 is 1.07 bits per heavy atom. The Kier molecular flexibility index (Phi) is 5.76. The van der Waals surface area contributed by atoms with Crippen LogP contribution in [0.1, 0.15) is 11.1 Å². The molecule has 0 atom stereocenters. The molecule has 1 saturated heterocycles. The first kappa shape index (κ1) is 19.8. The molecule has 2 aliphatic heterocycles. The molecule has 0 bridgehead atoms. The molecule has 4 rings (SSSR count). The molecule has 29 heavy (non-hydrogen) atoms. The van der Waals surface area contributed by atoms with Crippen molar-refractivity contribution in [3.63, 3.8) is 0 Å². The number of fused-ring (bicyclic) bond motifs is 1. The molecule has 0 spiro atoms. The molecule has 7 heteroatoms. The summed E-state index contributed by atoms with van der Waals surface area (Å²) in [6, 6.07) is 11.2. The van der Waals surface area contributed by atoms with Crippen LogP contribution in [-0.2, 0) is 9.53 Å². The van der Waals surface area contributed by atoms with Gasteiger partial charge >= 0.3 is 0 Å². The van der Waals surface area contributed by atoms with Crippen molar-refractivity contribution in [2.24, 2.45) is 0 Å². The number of nitrogens with zero attached hydrogens (tertiary/aromatic N) is 2. The fraction of sp³-hybridized carbons (Fsp3) is 0.318. The fourth-order valence-corrected chi connectivity index (χ4v) is 3.82. The molecule has 0 radical (unpaired) electrons. The van der Waals surface area contributed by atoms with Crippen LogP contribution in [-0.4, -0.2) is 58.0 Å². The van der Waals surface area contributed by atoms with Gasteiger partial charge in [-0.25, -0.2) is 0 Å². The van der Waals surface area contributed by atoms with Crippen molar-refractivity contribution in [1.29, 1.82) is 0 Å². The lowest BCUT2D eigenvalue weighted by Crippen LogP contribution is -2.45. The lowest BCUT2D eigenvalue weighted by atomic mass is 10.0. The predicted molar refractivity (Wildman–Crippen MR) is 114 cm³/mol. The Hall–Kier alpha value is -2.54. The van der Waals surface area contributed by atoms with Crippen LogP contribution in [0, 0.1) is 0 Å². The molecule has 2 aromatic rings. The van der Waals surface area contributed by atoms with Crippen molar-refractivity contribution in [3.05, 3.63) is 52.5 Å². The summed E-state index contributed by atoms with van der Waals surface area (Å²) >= 11 is 6.24. The quantitative estimate of drug-likeness (QED) is 0.700. The van der Waals surface area contributed by atoms with Gasteiger partial charge in [-0.15, -0.1) is 0 Å². The number of hydrogen-bond donors (Lipinski definition) is 0. The molecule has 6 nitrogen and oxygen atoms in total. The number of amides is 1. The molecule has 152 valence electrons. The minimum Gasteiger partial charge on any atom is -0.493 e. The maximum atomic E-state index is 13.3. The van der Waals surface area contributed by atoms with Crippen molar-refractivity contribution >= 4 is 34.8 Å². The van der Waals surface area contributed by atoms with Crippen LogP contribution in [0.5, 0.6) is 11.5 Å². The van der Waals surface area contributed by atoms with E-state index in [1.165, 1.54) is 0 Å². The van der Waals surface area contributed by atoms with Crippen LogP contribution in [0.15, 0.2) is 36.4 Å². The highest BCUT2D eigenvalue weighted by Crippen LogP contribution is 2.40. The minimum atomic E-state index is -0.0384. The molecule has 0 N–H and O–H groups in total. The molecule has 1 fully saturated rings. The van der Waals surface area contributed by atoms with Gasteiger partial charge < -0.3 is 14.2 Å². The highest BCUT2D eigenvalue weighted by atomic mass is 35.5. The van der Waals surface area contributed by atoms with E-state index in [1.54, 1.807) is 19.1 Å². The van der Waals surface area contributed by atoms with Gasteiger partial charge in [-0.3, -0.25) is 14.6 Å². The highest BCUT2D eigenvalue weighted by Gasteiger charge is 2.33. The van der Waals surface area contributed by atoms with Crippen LogP contribution in [0.25, 0.3) is 11.6 Å². The molecule has 0 aromatic heterocycles. The first-order valence-electron chi connectivity index (χ1n) is 9.46. The normalized spacial score (nSPS) is 18.2. The average molecular weight is 415 g/mol. The highest BCUT2D eigenvalue weighted by molar-refractivity contribution is 6.37. The zero-order valence-corrected chi connectivity index (χ0v) is 17.2. The number of morpholine rings is 1. The molecule has 0 saturated carbocycles. The average Bonchev–Trinajstić information content (AvgIpc) is 2.99. The van der Waals surface area contributed by atoms with Crippen molar-refractivity contribution in [1.82, 2.24) is 4.90 Å². The monoisotopic (exact) mass is 414 g/mol. The Balaban J connectivity index is 1.70. The minimum absolute atomic E-state index is 0.0384. The number of ether oxygens (including phenoxy) is 3. The maximum absolute atomic E-state index is 13.3. The van der Waals surface area contributed by atoms with Gasteiger partial charge in [0, 0.05) is 29.2 Å². The number of anilines is 1. The lowest BCUT2D eigenvalue weighted by Gasteiger charge is -2.30. The predicted octanol–water partition coefficient (Wildman–Crippen LogP) is 3.53. The third kappa shape index (κ3) is 3.96. The van der Waals surface area contributed by atoms with Gasteiger partial charge in [0.1, 0.15) is 0 Å². The van der Waals surface area contributed by atoms with Crippen molar-refractivity contribution in [2.45, 2.75) is 0 Å². The Labute approximate surface area is 175 Å². The SMILES string of the molecule is COc1ccc(/C=C2\C(=O)N(CN3CCOCC3)c3cc(Cl)ccc32)cc1OC. The lowest BCUT2D eigenvalue weighted by molar-refractivity contribution is -0.113. The third-order valence-electron chi connectivity index (χ3n) is 5.18. The standard InChI is InChI=1S/C22H23ClN2O4/c1-27-20-6-3-15(12-21(20)28-2)11-18-17-5-4-16(23)13-19(17)25(22(18)26)14-24-7-9-29-10-8-24/h3-6,11-13H,7-10,14H2,1-2H3/b18-11-. The topological polar surface area (TPSA) is 51.2 Å². The second kappa shape index (κ2) is 8.45. The molecule has 2 aliphatic rings. The molecule has 2 heterocycles. The van der Waals surface area contributed by atoms with Crippen LogP contribution in [0.4, 0.5) is 5.69 Å². The van der Waals surface area contributed by atoms with E-state index < -0.39 is 0 Å². The fourth-order valence-electron chi connectivity index (χ4n) is 3.66. The second-order valence-electron chi connectivity index (χ2n) is 6.94. The number of carbonyl (C=O) groups is 1. The van der Waals surface area contributed by atoms with Gasteiger partial charge in [-0.1, -0.05) is 23.7 Å². The smallest absolute Gasteiger partial charge is 0.260 e. The summed E-state index contributed by atoms with van der Waals surface area (Å²) in [5.41, 5.74) is 3.21. The van der Waals surface area contributed by atoms with E-state index in [1.807, 2.05) is 42.5 Å². The molecule has 0 unspecified atom stereocenters. The van der Waals surface area contributed by atoms with Crippen LogP contribution < -0.4 is 14.4 Å². The van der Waals surface area contributed by atoms with Crippen molar-refractivity contribution < 1.29 is 19.0 Å². The van der Waals surface area contributed by atoms with E-state index in [0.29, 0.717) is 42.0 Å². The van der Waals surface area contributed by atoms with E-state index in [4.69, 9.17) is 25.8 Å². The number of methoxy groups -OCH3 is 2. The van der Waals surface area contributed by atoms with Gasteiger partial charge in [0.2, 0.25) is 0 Å². The van der Waals surface area contributed by atoms with Gasteiger partial charge in [-0.05, 0) is 35.9 Å². The van der Waals surface area contributed by atoms with Gasteiger partial charge in [0.05, 0.1) is 39.8 Å². The number of halogens is 1. The summed E-state index contributed by atoms with van der Waals surface area (Å²) in [5.74, 6) is 1.23. The Morgan fingerprint density at radius 2 is 1.83 bits per heavy atom. The summed E-state index contributed by atoms with van der Waals surface area (Å²) < 4.78 is 16.1. The van der Waals surface area contributed by atoms with Crippen LogP contribution >= 0.6 is 11.6 Å². The summed E-state index contributed by atoms with van der Waals surface area (Å²) in [5, 5.41) is 0.607. The number of benzene rings is 2. The van der Waals surface area contributed by atoms with E-state index in [9.17, 15) is 4.79 Å². The number of rotatable bonds is 5. The van der Waals surface area contributed by atoms with Gasteiger partial charge in [-0.2, -0.15) is 0 Å². The summed E-state index contributed by atoms with van der Waals surface area (Å²) in [7, 11) is 3.19.